The number of aromatic hydroxyl groups is 1. The smallest absolute Gasteiger partial charge is 0.408 e. The van der Waals surface area contributed by atoms with Gasteiger partial charge in [0.05, 0.1) is 0 Å². The molecule has 0 bridgehead atoms. The highest BCUT2D eigenvalue weighted by atomic mass is 16.6. The average Bonchev–Trinajstić information content (AvgIpc) is 3.05. The first kappa shape index (κ1) is 42.6. The predicted octanol–water partition coefficient (Wildman–Crippen LogP) is 7.60. The van der Waals surface area contributed by atoms with E-state index in [2.05, 4.69) is 24.5 Å². The summed E-state index contributed by atoms with van der Waals surface area (Å²) >= 11 is 0. The SMILES string of the molecule is Cc1cc(C(C(=O)NC(Cc2ccccc2)C(=O)OC(C)(C)C)N(C(=O)C(Cc2ccccc2)NC(=O)OC(C)(C)C)C(C)CCC(C)C)ccc1O. The summed E-state index contributed by atoms with van der Waals surface area (Å²) in [7, 11) is 0. The monoisotopic (exact) mass is 729 g/mol. The van der Waals surface area contributed by atoms with Gasteiger partial charge in [-0.25, -0.2) is 9.59 Å². The first-order valence-electron chi connectivity index (χ1n) is 18.5. The van der Waals surface area contributed by atoms with Gasteiger partial charge >= 0.3 is 12.1 Å². The van der Waals surface area contributed by atoms with E-state index >= 15 is 4.79 Å². The van der Waals surface area contributed by atoms with Crippen LogP contribution in [0.15, 0.2) is 78.9 Å². The summed E-state index contributed by atoms with van der Waals surface area (Å²) in [6, 6.07) is 19.4. The second-order valence-corrected chi connectivity index (χ2v) is 16.2. The van der Waals surface area contributed by atoms with E-state index < -0.39 is 59.2 Å². The van der Waals surface area contributed by atoms with Crippen LogP contribution in [-0.2, 0) is 36.7 Å². The molecule has 3 aromatic rings. The molecule has 288 valence electrons. The summed E-state index contributed by atoms with van der Waals surface area (Å²) in [6.07, 6.45) is 0.815. The van der Waals surface area contributed by atoms with E-state index in [-0.39, 0.29) is 18.6 Å². The van der Waals surface area contributed by atoms with Crippen LogP contribution in [0.1, 0.15) is 103 Å². The zero-order chi connectivity index (χ0) is 39.5. The number of ether oxygens (including phenoxy) is 2. The minimum Gasteiger partial charge on any atom is -0.508 e. The third-order valence-electron chi connectivity index (χ3n) is 8.52. The van der Waals surface area contributed by atoms with Crippen molar-refractivity contribution in [2.24, 2.45) is 5.92 Å². The highest BCUT2D eigenvalue weighted by Crippen LogP contribution is 2.31. The fourth-order valence-corrected chi connectivity index (χ4v) is 5.95. The number of rotatable bonds is 15. The molecular weight excluding hydrogens is 670 g/mol. The molecule has 4 unspecified atom stereocenters. The normalized spacial score (nSPS) is 14.0. The largest absolute Gasteiger partial charge is 0.508 e. The quantitative estimate of drug-likeness (QED) is 0.137. The number of esters is 1. The van der Waals surface area contributed by atoms with Crippen LogP contribution in [0.4, 0.5) is 4.79 Å². The molecule has 0 heterocycles. The molecule has 0 aliphatic carbocycles. The summed E-state index contributed by atoms with van der Waals surface area (Å²) in [4.78, 5) is 58.5. The van der Waals surface area contributed by atoms with Gasteiger partial charge in [-0.2, -0.15) is 0 Å². The first-order valence-corrected chi connectivity index (χ1v) is 18.5. The van der Waals surface area contributed by atoms with Gasteiger partial charge in [0.1, 0.15) is 35.1 Å². The standard InChI is InChI=1S/C43H59N3O7/c1-28(2)21-22-30(4)46(39(49)34(26-31-17-13-11-14-18-31)45-41(51)53-43(8,9)10)37(33-23-24-36(47)29(3)25-33)38(48)44-35(40(50)52-42(5,6)7)27-32-19-15-12-16-20-32/h11-20,23-25,28,30,34-35,37,47H,21-22,26-27H2,1-10H3,(H,44,48)(H,45,51). The lowest BCUT2D eigenvalue weighted by atomic mass is 9.94. The molecule has 3 amide bonds. The molecule has 0 aliphatic rings. The number of carbonyl (C=O) groups excluding carboxylic acids is 4. The van der Waals surface area contributed by atoms with Gasteiger partial charge < -0.3 is 30.1 Å². The van der Waals surface area contributed by atoms with Gasteiger partial charge in [0.25, 0.3) is 0 Å². The highest BCUT2D eigenvalue weighted by molar-refractivity contribution is 5.94. The zero-order valence-electron chi connectivity index (χ0n) is 33.1. The summed E-state index contributed by atoms with van der Waals surface area (Å²) in [5, 5.41) is 16.3. The van der Waals surface area contributed by atoms with E-state index in [0.29, 0.717) is 23.5 Å². The number of phenols is 1. The molecule has 0 aliphatic heterocycles. The fourth-order valence-electron chi connectivity index (χ4n) is 5.95. The Kier molecular flexibility index (Phi) is 15.1. The Bertz CT molecular complexity index is 1660. The van der Waals surface area contributed by atoms with E-state index in [1.807, 2.05) is 67.6 Å². The Labute approximate surface area is 315 Å². The van der Waals surface area contributed by atoms with Crippen LogP contribution in [0, 0.1) is 12.8 Å². The number of nitrogens with zero attached hydrogens (tertiary/aromatic N) is 1. The molecule has 10 nitrogen and oxygen atoms in total. The Morgan fingerprint density at radius 3 is 1.74 bits per heavy atom. The number of alkyl carbamates (subject to hydrolysis) is 1. The second-order valence-electron chi connectivity index (χ2n) is 16.2. The molecule has 0 radical (unpaired) electrons. The van der Waals surface area contributed by atoms with Crippen molar-refractivity contribution in [1.82, 2.24) is 15.5 Å². The van der Waals surface area contributed by atoms with Crippen LogP contribution in [0.3, 0.4) is 0 Å². The third kappa shape index (κ3) is 13.9. The molecule has 3 aromatic carbocycles. The zero-order valence-corrected chi connectivity index (χ0v) is 33.1. The number of amides is 3. The second kappa shape index (κ2) is 18.8. The molecule has 0 aromatic heterocycles. The lowest BCUT2D eigenvalue weighted by molar-refractivity contribution is -0.159. The van der Waals surface area contributed by atoms with Crippen LogP contribution in [0.25, 0.3) is 0 Å². The number of hydrogen-bond acceptors (Lipinski definition) is 7. The van der Waals surface area contributed by atoms with Crippen molar-refractivity contribution in [3.63, 3.8) is 0 Å². The fraction of sp³-hybridized carbons (Fsp3) is 0.488. The Balaban J connectivity index is 2.20. The predicted molar refractivity (Wildman–Crippen MR) is 207 cm³/mol. The lowest BCUT2D eigenvalue weighted by Crippen LogP contribution is -2.57. The van der Waals surface area contributed by atoms with Crippen LogP contribution < -0.4 is 10.6 Å². The Morgan fingerprint density at radius 1 is 0.717 bits per heavy atom. The maximum absolute atomic E-state index is 15.1. The number of nitrogens with one attached hydrogen (secondary N) is 2. The molecule has 0 saturated heterocycles. The minimum absolute atomic E-state index is 0.0305. The van der Waals surface area contributed by atoms with Gasteiger partial charge in [-0.15, -0.1) is 0 Å². The lowest BCUT2D eigenvalue weighted by Gasteiger charge is -2.39. The van der Waals surface area contributed by atoms with E-state index in [4.69, 9.17) is 9.47 Å². The number of aryl methyl sites for hydroxylation is 1. The van der Waals surface area contributed by atoms with E-state index in [1.165, 1.54) is 11.0 Å². The molecule has 0 spiro atoms. The molecule has 0 fully saturated rings. The molecular formula is C43H59N3O7. The minimum atomic E-state index is -1.26. The van der Waals surface area contributed by atoms with Crippen molar-refractivity contribution in [2.75, 3.05) is 0 Å². The van der Waals surface area contributed by atoms with Crippen molar-refractivity contribution in [1.29, 1.82) is 0 Å². The van der Waals surface area contributed by atoms with Crippen molar-refractivity contribution < 1.29 is 33.8 Å². The maximum atomic E-state index is 15.1. The van der Waals surface area contributed by atoms with Gasteiger partial charge in [0, 0.05) is 18.9 Å². The number of phenolic OH excluding ortho intramolecular Hbond substituents is 1. The molecule has 53 heavy (non-hydrogen) atoms. The molecule has 4 atom stereocenters. The summed E-state index contributed by atoms with van der Waals surface area (Å²) < 4.78 is 11.4. The number of hydrogen-bond donors (Lipinski definition) is 3. The third-order valence-corrected chi connectivity index (χ3v) is 8.52. The van der Waals surface area contributed by atoms with E-state index in [0.717, 1.165) is 17.5 Å². The number of benzene rings is 3. The summed E-state index contributed by atoms with van der Waals surface area (Å²) in [5.74, 6) is -1.39. The average molecular weight is 730 g/mol. The van der Waals surface area contributed by atoms with Crippen LogP contribution in [0.5, 0.6) is 5.75 Å². The molecule has 0 saturated carbocycles. The van der Waals surface area contributed by atoms with E-state index in [9.17, 15) is 19.5 Å². The maximum Gasteiger partial charge on any atom is 0.408 e. The van der Waals surface area contributed by atoms with Gasteiger partial charge in [0.2, 0.25) is 11.8 Å². The Morgan fingerprint density at radius 2 is 1.25 bits per heavy atom. The van der Waals surface area contributed by atoms with Gasteiger partial charge in [-0.1, -0.05) is 80.6 Å². The Hall–Kier alpha value is -4.86. The van der Waals surface area contributed by atoms with Crippen molar-refractivity contribution >= 4 is 23.9 Å². The molecule has 10 heteroatoms. The van der Waals surface area contributed by atoms with Gasteiger partial charge in [-0.3, -0.25) is 9.59 Å². The van der Waals surface area contributed by atoms with E-state index in [1.54, 1.807) is 60.6 Å². The van der Waals surface area contributed by atoms with Crippen LogP contribution in [0.2, 0.25) is 0 Å². The van der Waals surface area contributed by atoms with Gasteiger partial charge in [-0.05, 0) is 109 Å². The first-order chi connectivity index (χ1) is 24.7. The topological polar surface area (TPSA) is 134 Å². The number of carbonyl (C=O) groups is 4. The van der Waals surface area contributed by atoms with Crippen molar-refractivity contribution in [2.45, 2.75) is 130 Å². The van der Waals surface area contributed by atoms with Crippen molar-refractivity contribution in [3.05, 3.63) is 101 Å². The van der Waals surface area contributed by atoms with Gasteiger partial charge in [0.15, 0.2) is 0 Å². The molecule has 3 N–H and O–H groups in total. The van der Waals surface area contributed by atoms with Crippen LogP contribution in [-0.4, -0.2) is 63.2 Å². The van der Waals surface area contributed by atoms with Crippen molar-refractivity contribution in [3.8, 4) is 5.75 Å². The summed E-state index contributed by atoms with van der Waals surface area (Å²) in [5.41, 5.74) is 0.893. The molecule has 3 rings (SSSR count). The highest BCUT2D eigenvalue weighted by Gasteiger charge is 2.41. The van der Waals surface area contributed by atoms with Crippen LogP contribution >= 0.6 is 0 Å². The summed E-state index contributed by atoms with van der Waals surface area (Å²) in [6.45, 7) is 18.3.